The van der Waals surface area contributed by atoms with Crippen LogP contribution in [0, 0.1) is 0 Å². The minimum atomic E-state index is -3.74. The van der Waals surface area contributed by atoms with Gasteiger partial charge < -0.3 is 4.98 Å². The van der Waals surface area contributed by atoms with Gasteiger partial charge in [0.1, 0.15) is 15.5 Å². The molecule has 1 fully saturated rings. The Hall–Kier alpha value is -3.09. The van der Waals surface area contributed by atoms with Crippen molar-refractivity contribution in [1.82, 2.24) is 29.7 Å². The van der Waals surface area contributed by atoms with Gasteiger partial charge in [0.05, 0.1) is 29.1 Å². The van der Waals surface area contributed by atoms with Crippen molar-refractivity contribution in [2.24, 2.45) is 0 Å². The molecule has 0 spiro atoms. The monoisotopic (exact) mass is 486 g/mol. The van der Waals surface area contributed by atoms with Crippen LogP contribution in [0.3, 0.4) is 0 Å². The molecule has 0 amide bonds. The van der Waals surface area contributed by atoms with Gasteiger partial charge in [-0.15, -0.1) is 5.10 Å². The number of aromatic nitrogens is 5. The molecule has 1 aromatic carbocycles. The number of sulfone groups is 1. The van der Waals surface area contributed by atoms with Crippen LogP contribution >= 0.6 is 0 Å². The van der Waals surface area contributed by atoms with Crippen LogP contribution in [0.15, 0.2) is 59.9 Å². The molecule has 12 heteroatoms. The van der Waals surface area contributed by atoms with E-state index in [9.17, 15) is 16.8 Å². The predicted molar refractivity (Wildman–Crippen MR) is 123 cm³/mol. The number of hydrogen-bond acceptors (Lipinski definition) is 7. The molecule has 5 rings (SSSR count). The van der Waals surface area contributed by atoms with E-state index in [0.717, 1.165) is 27.9 Å². The number of aromatic amines is 1. The molecule has 0 aliphatic carbocycles. The number of sulfonamides is 1. The first-order chi connectivity index (χ1) is 15.8. The Kier molecular flexibility index (Phi) is 5.51. The highest BCUT2D eigenvalue weighted by Gasteiger charge is 2.27. The lowest BCUT2D eigenvalue weighted by Crippen LogP contribution is -2.40. The highest BCUT2D eigenvalue weighted by molar-refractivity contribution is 7.91. The van der Waals surface area contributed by atoms with Gasteiger partial charge in [0.15, 0.2) is 0 Å². The van der Waals surface area contributed by atoms with E-state index in [2.05, 4.69) is 25.0 Å². The van der Waals surface area contributed by atoms with Gasteiger partial charge in [-0.1, -0.05) is 17.3 Å². The molecule has 0 atom stereocenters. The fourth-order valence-electron chi connectivity index (χ4n) is 4.02. The quantitative estimate of drug-likeness (QED) is 0.423. The summed E-state index contributed by atoms with van der Waals surface area (Å²) in [4.78, 5) is 7.83. The van der Waals surface area contributed by atoms with E-state index in [0.29, 0.717) is 19.4 Å². The molecule has 1 saturated heterocycles. The van der Waals surface area contributed by atoms with Crippen molar-refractivity contribution < 1.29 is 16.8 Å². The van der Waals surface area contributed by atoms with Crippen LogP contribution in [-0.4, -0.2) is 59.3 Å². The van der Waals surface area contributed by atoms with Gasteiger partial charge in [-0.05, 0) is 48.2 Å². The Morgan fingerprint density at radius 3 is 2.55 bits per heavy atom. The maximum atomic E-state index is 12.8. The summed E-state index contributed by atoms with van der Waals surface area (Å²) < 4.78 is 53.1. The summed E-state index contributed by atoms with van der Waals surface area (Å²) in [6.07, 6.45) is 5.68. The average molecular weight is 487 g/mol. The highest BCUT2D eigenvalue weighted by Crippen LogP contribution is 2.29. The minimum absolute atomic E-state index is 0.00667. The Morgan fingerprint density at radius 2 is 1.85 bits per heavy atom. The van der Waals surface area contributed by atoms with Crippen LogP contribution in [0.2, 0.25) is 0 Å². The summed E-state index contributed by atoms with van der Waals surface area (Å²) in [5, 5.41) is 8.71. The van der Waals surface area contributed by atoms with Crippen molar-refractivity contribution >= 4 is 30.9 Å². The van der Waals surface area contributed by atoms with Crippen molar-refractivity contribution in [2.75, 3.05) is 11.5 Å². The molecule has 10 nitrogen and oxygen atoms in total. The first-order valence-electron chi connectivity index (χ1n) is 10.4. The number of rotatable bonds is 6. The summed E-state index contributed by atoms with van der Waals surface area (Å²) in [5.74, 6) is 0.0133. The zero-order valence-electron chi connectivity index (χ0n) is 17.5. The third-order valence-electron chi connectivity index (χ3n) is 5.74. The first-order valence-corrected chi connectivity index (χ1v) is 13.7. The van der Waals surface area contributed by atoms with Gasteiger partial charge in [0.25, 0.3) is 0 Å². The minimum Gasteiger partial charge on any atom is -0.342 e. The molecule has 0 saturated carbocycles. The van der Waals surface area contributed by atoms with E-state index in [1.165, 1.54) is 0 Å². The van der Waals surface area contributed by atoms with Crippen molar-refractivity contribution in [3.63, 3.8) is 0 Å². The molecule has 1 aliphatic rings. The van der Waals surface area contributed by atoms with Crippen LogP contribution in [0.25, 0.3) is 22.2 Å². The molecule has 0 unspecified atom stereocenters. The number of nitrogens with one attached hydrogen (secondary N) is 2. The van der Waals surface area contributed by atoms with Gasteiger partial charge >= 0.3 is 0 Å². The standard InChI is InChI=1S/C21H22N6O4S2/c28-32(29)11-6-16(7-12-32)25-33(30,31)18-3-1-15(2-4-18)19-5-8-22-21-20(19)13-17(24-21)14-27-10-9-23-26-27/h1-5,8-10,13,16,25H,6-7,11-12,14H2,(H,22,24). The summed E-state index contributed by atoms with van der Waals surface area (Å²) in [5.41, 5.74) is 3.44. The topological polar surface area (TPSA) is 140 Å². The van der Waals surface area contributed by atoms with Gasteiger partial charge in [-0.3, -0.25) is 0 Å². The van der Waals surface area contributed by atoms with Crippen LogP contribution in [0.1, 0.15) is 18.5 Å². The van der Waals surface area contributed by atoms with Gasteiger partial charge in [-0.2, -0.15) is 0 Å². The Balaban J connectivity index is 1.37. The van der Waals surface area contributed by atoms with E-state index in [1.54, 1.807) is 47.5 Å². The summed E-state index contributed by atoms with van der Waals surface area (Å²) in [7, 11) is -6.80. The third-order valence-corrected chi connectivity index (χ3v) is 9.00. The van der Waals surface area contributed by atoms with Crippen molar-refractivity contribution in [3.05, 3.63) is 60.7 Å². The molecule has 2 N–H and O–H groups in total. The lowest BCUT2D eigenvalue weighted by molar-refractivity contribution is 0.505. The number of benzene rings is 1. The summed E-state index contributed by atoms with van der Waals surface area (Å²) in [6.45, 7) is 0.529. The maximum absolute atomic E-state index is 12.8. The molecule has 4 aromatic rings. The molecule has 172 valence electrons. The van der Waals surface area contributed by atoms with E-state index < -0.39 is 19.9 Å². The SMILES string of the molecule is O=S1(=O)CCC(NS(=O)(=O)c2ccc(-c3ccnc4[nH]c(Cn5ccnn5)cc34)cc2)CC1. The van der Waals surface area contributed by atoms with E-state index in [1.807, 2.05) is 12.1 Å². The van der Waals surface area contributed by atoms with Crippen LogP contribution in [-0.2, 0) is 26.4 Å². The number of fused-ring (bicyclic) bond motifs is 1. The smallest absolute Gasteiger partial charge is 0.240 e. The molecular weight excluding hydrogens is 464 g/mol. The Labute approximate surface area is 191 Å². The molecule has 33 heavy (non-hydrogen) atoms. The molecule has 1 aliphatic heterocycles. The normalized spacial score (nSPS) is 16.8. The molecule has 4 heterocycles. The number of H-pyrrole nitrogens is 1. The fraction of sp³-hybridized carbons (Fsp3) is 0.286. The molecule has 3 aromatic heterocycles. The zero-order valence-corrected chi connectivity index (χ0v) is 19.2. The largest absolute Gasteiger partial charge is 0.342 e. The predicted octanol–water partition coefficient (Wildman–Crippen LogP) is 1.73. The zero-order chi connectivity index (χ0) is 23.1. The molecule has 0 radical (unpaired) electrons. The third kappa shape index (κ3) is 4.68. The van der Waals surface area contributed by atoms with Gasteiger partial charge in [0.2, 0.25) is 10.0 Å². The van der Waals surface area contributed by atoms with E-state index >= 15 is 0 Å². The van der Waals surface area contributed by atoms with Crippen LogP contribution in [0.4, 0.5) is 0 Å². The number of pyridine rings is 1. The lowest BCUT2D eigenvalue weighted by atomic mass is 10.0. The number of hydrogen-bond donors (Lipinski definition) is 2. The second kappa shape index (κ2) is 8.36. The van der Waals surface area contributed by atoms with E-state index in [-0.39, 0.29) is 22.4 Å². The molecular formula is C21H22N6O4S2. The van der Waals surface area contributed by atoms with Crippen molar-refractivity contribution in [1.29, 1.82) is 0 Å². The Morgan fingerprint density at radius 1 is 1.09 bits per heavy atom. The number of nitrogens with zero attached hydrogens (tertiary/aromatic N) is 4. The van der Waals surface area contributed by atoms with Crippen molar-refractivity contribution in [3.8, 4) is 11.1 Å². The second-order valence-corrected chi connectivity index (χ2v) is 12.1. The lowest BCUT2D eigenvalue weighted by Gasteiger charge is -2.22. The van der Waals surface area contributed by atoms with Gasteiger partial charge in [-0.25, -0.2) is 31.2 Å². The fourth-order valence-corrected chi connectivity index (χ4v) is 6.82. The summed E-state index contributed by atoms with van der Waals surface area (Å²) in [6, 6.07) is 10.2. The van der Waals surface area contributed by atoms with Gasteiger partial charge in [0, 0.05) is 29.5 Å². The average Bonchev–Trinajstić information content (AvgIpc) is 3.44. The van der Waals surface area contributed by atoms with Crippen LogP contribution in [0.5, 0.6) is 0 Å². The van der Waals surface area contributed by atoms with E-state index in [4.69, 9.17) is 0 Å². The van der Waals surface area contributed by atoms with Crippen molar-refractivity contribution in [2.45, 2.75) is 30.3 Å². The summed E-state index contributed by atoms with van der Waals surface area (Å²) >= 11 is 0. The molecule has 0 bridgehead atoms. The highest BCUT2D eigenvalue weighted by atomic mass is 32.2. The maximum Gasteiger partial charge on any atom is 0.240 e. The van der Waals surface area contributed by atoms with Crippen LogP contribution < -0.4 is 4.72 Å². The first kappa shape index (κ1) is 21.7. The second-order valence-electron chi connectivity index (χ2n) is 8.09. The Bertz CT molecular complexity index is 1480.